The van der Waals surface area contributed by atoms with Crippen molar-refractivity contribution in [3.8, 4) is 0 Å². The molecule has 1 saturated heterocycles. The molecule has 2 amide bonds. The van der Waals surface area contributed by atoms with Gasteiger partial charge in [0.1, 0.15) is 12.0 Å². The van der Waals surface area contributed by atoms with Crippen molar-refractivity contribution in [2.24, 2.45) is 5.92 Å². The first-order chi connectivity index (χ1) is 15.3. The predicted molar refractivity (Wildman–Crippen MR) is 130 cm³/mol. The smallest absolute Gasteiger partial charge is 0.397 e. The number of nitrogens with zero attached hydrogens (tertiary/aromatic N) is 1. The van der Waals surface area contributed by atoms with E-state index in [-0.39, 0.29) is 23.2 Å². The van der Waals surface area contributed by atoms with Crippen LogP contribution in [0.1, 0.15) is 40.5 Å². The lowest BCUT2D eigenvalue weighted by molar-refractivity contribution is -0.174. The number of imide groups is 1. The zero-order valence-electron chi connectivity index (χ0n) is 20.3. The highest BCUT2D eigenvalue weighted by atomic mass is 32.2. The Bertz CT molecular complexity index is 771. The Hall–Kier alpha value is -1.45. The summed E-state index contributed by atoms with van der Waals surface area (Å²) in [5.74, 6) is -2.40. The molecule has 9 heteroatoms. The summed E-state index contributed by atoms with van der Waals surface area (Å²) in [6, 6.07) is 0. The molecular formula is C24H34NO6SSi. The maximum absolute atomic E-state index is 13.0. The molecule has 1 aliphatic heterocycles. The molecule has 0 aromatic carbocycles. The topological polar surface area (TPSA) is 90.0 Å². The first kappa shape index (κ1) is 27.8. The number of hydrogen-bond acceptors (Lipinski definition) is 7. The van der Waals surface area contributed by atoms with Gasteiger partial charge in [0.25, 0.3) is 0 Å². The fraction of sp³-hybridized carbons (Fsp3) is 0.542. The molecule has 1 aliphatic carbocycles. The van der Waals surface area contributed by atoms with E-state index < -0.39 is 43.5 Å². The number of carbonyl (C=O) groups excluding carboxylic acids is 4. The van der Waals surface area contributed by atoms with E-state index in [0.717, 1.165) is 22.6 Å². The standard InChI is InChI=1S/C24H34NO6SSi/c1-8-15-30-23(29)21(28)25-20(27)19(16(2)31-33(6,7)24(3,4)5)22(25)32-18(26)14-13-17-11-9-10-12-17/h8-12,16,19,22H,1,13-15H2,2-7H3/t16-,19+,22-/m1/s1. The van der Waals surface area contributed by atoms with Crippen LogP contribution < -0.4 is 0 Å². The van der Waals surface area contributed by atoms with Gasteiger partial charge in [0.15, 0.2) is 13.4 Å². The summed E-state index contributed by atoms with van der Waals surface area (Å²) in [5, 5.41) is -1.04. The number of likely N-dealkylation sites (tertiary alicyclic amines) is 1. The Labute approximate surface area is 203 Å². The molecule has 3 atom stereocenters. The van der Waals surface area contributed by atoms with Crippen LogP contribution in [0.5, 0.6) is 0 Å². The van der Waals surface area contributed by atoms with E-state index in [4.69, 9.17) is 9.16 Å². The number of amides is 2. The van der Waals surface area contributed by atoms with Crippen molar-refractivity contribution < 1.29 is 28.3 Å². The molecular weight excluding hydrogens is 458 g/mol. The predicted octanol–water partition coefficient (Wildman–Crippen LogP) is 3.88. The average Bonchev–Trinajstić information content (AvgIpc) is 3.22. The molecule has 2 aliphatic rings. The van der Waals surface area contributed by atoms with Gasteiger partial charge in [0, 0.05) is 6.42 Å². The van der Waals surface area contributed by atoms with Gasteiger partial charge in [-0.3, -0.25) is 19.3 Å². The van der Waals surface area contributed by atoms with Crippen molar-refractivity contribution >= 4 is 43.0 Å². The third-order valence-electron chi connectivity index (χ3n) is 6.20. The summed E-state index contributed by atoms with van der Waals surface area (Å²) < 4.78 is 11.2. The lowest BCUT2D eigenvalue weighted by Gasteiger charge is -2.49. The quantitative estimate of drug-likeness (QED) is 0.159. The molecule has 0 bridgehead atoms. The number of esters is 1. The fourth-order valence-electron chi connectivity index (χ4n) is 3.29. The number of hydrogen-bond donors (Lipinski definition) is 0. The summed E-state index contributed by atoms with van der Waals surface area (Å²) in [6.07, 6.45) is 9.34. The maximum atomic E-state index is 13.0. The molecule has 0 aromatic heterocycles. The molecule has 7 nitrogen and oxygen atoms in total. The third-order valence-corrected chi connectivity index (χ3v) is 12.0. The zero-order valence-corrected chi connectivity index (χ0v) is 22.1. The number of β-lactam (4-membered cyclic amide) rings is 1. The summed E-state index contributed by atoms with van der Waals surface area (Å²) in [6.45, 7) is 15.5. The van der Waals surface area contributed by atoms with Gasteiger partial charge in [0.2, 0.25) is 5.91 Å². The number of ether oxygens (including phenoxy) is 1. The van der Waals surface area contributed by atoms with Gasteiger partial charge >= 0.3 is 11.9 Å². The van der Waals surface area contributed by atoms with E-state index in [1.54, 1.807) is 6.92 Å². The van der Waals surface area contributed by atoms with Crippen LogP contribution >= 0.6 is 11.8 Å². The summed E-state index contributed by atoms with van der Waals surface area (Å²) >= 11 is 0.912. The van der Waals surface area contributed by atoms with Gasteiger partial charge in [-0.25, -0.2) is 4.79 Å². The fourth-order valence-corrected chi connectivity index (χ4v) is 6.00. The Morgan fingerprint density at radius 1 is 1.24 bits per heavy atom. The first-order valence-electron chi connectivity index (χ1n) is 11.0. The summed E-state index contributed by atoms with van der Waals surface area (Å²) in [5.41, 5.74) is 0. The van der Waals surface area contributed by atoms with E-state index in [1.807, 2.05) is 25.7 Å². The minimum atomic E-state index is -2.21. The van der Waals surface area contributed by atoms with E-state index in [1.165, 1.54) is 6.08 Å². The second kappa shape index (κ2) is 11.3. The normalized spacial score (nSPS) is 22.6. The zero-order chi connectivity index (χ0) is 25.0. The average molecular weight is 493 g/mol. The van der Waals surface area contributed by atoms with Gasteiger partial charge in [-0.2, -0.15) is 0 Å². The van der Waals surface area contributed by atoms with E-state index in [2.05, 4.69) is 40.4 Å². The molecule has 33 heavy (non-hydrogen) atoms. The van der Waals surface area contributed by atoms with E-state index in [0.29, 0.717) is 6.42 Å². The largest absolute Gasteiger partial charge is 0.454 e. The molecule has 5 radical (unpaired) electrons. The summed E-state index contributed by atoms with van der Waals surface area (Å²) in [7, 11) is -2.21. The SMILES string of the molecule is C=CCOC(=O)C(=O)N1C(=O)[C@H]([C@@H](C)O[Si](C)(C)C(C)(C)C)[C@H]1SC(=O)CC[C]1[CH][CH][CH][CH]1. The Kier molecular flexibility index (Phi) is 9.53. The van der Waals surface area contributed by atoms with Gasteiger partial charge in [0.05, 0.1) is 12.0 Å². The molecule has 0 N–H and O–H groups in total. The number of carbonyl (C=O) groups is 4. The van der Waals surface area contributed by atoms with Gasteiger partial charge < -0.3 is 9.16 Å². The number of rotatable bonds is 9. The van der Waals surface area contributed by atoms with Crippen LogP contribution in [-0.2, 0) is 28.3 Å². The van der Waals surface area contributed by atoms with Crippen molar-refractivity contribution in [2.75, 3.05) is 6.61 Å². The molecule has 1 saturated carbocycles. The van der Waals surface area contributed by atoms with Crippen molar-refractivity contribution in [2.45, 2.75) is 70.1 Å². The van der Waals surface area contributed by atoms with Crippen LogP contribution in [0.4, 0.5) is 0 Å². The van der Waals surface area contributed by atoms with Crippen molar-refractivity contribution in [1.29, 1.82) is 0 Å². The lowest BCUT2D eigenvalue weighted by Crippen LogP contribution is -2.67. The van der Waals surface area contributed by atoms with Crippen LogP contribution in [0.25, 0.3) is 0 Å². The van der Waals surface area contributed by atoms with E-state index >= 15 is 0 Å². The van der Waals surface area contributed by atoms with Crippen molar-refractivity contribution in [1.82, 2.24) is 4.90 Å². The van der Waals surface area contributed by atoms with Crippen LogP contribution in [0.3, 0.4) is 0 Å². The van der Waals surface area contributed by atoms with Crippen molar-refractivity contribution in [3.63, 3.8) is 0 Å². The summed E-state index contributed by atoms with van der Waals surface area (Å²) in [4.78, 5) is 51.3. The number of thioether (sulfide) groups is 1. The van der Waals surface area contributed by atoms with Crippen LogP contribution in [-0.4, -0.2) is 54.2 Å². The third kappa shape index (κ3) is 6.79. The Balaban J connectivity index is 2.14. The van der Waals surface area contributed by atoms with Crippen LogP contribution in [0.15, 0.2) is 12.7 Å². The second-order valence-electron chi connectivity index (χ2n) is 9.68. The minimum absolute atomic E-state index is 0.0734. The molecule has 0 spiro atoms. The monoisotopic (exact) mass is 492 g/mol. The van der Waals surface area contributed by atoms with Gasteiger partial charge in [-0.15, -0.1) is 0 Å². The molecule has 1 heterocycles. The van der Waals surface area contributed by atoms with Crippen LogP contribution in [0.2, 0.25) is 18.1 Å². The van der Waals surface area contributed by atoms with Crippen LogP contribution in [0, 0.1) is 37.5 Å². The maximum Gasteiger partial charge on any atom is 0.397 e. The van der Waals surface area contributed by atoms with Gasteiger partial charge in [-0.1, -0.05) is 45.2 Å². The first-order valence-corrected chi connectivity index (χ1v) is 14.8. The minimum Gasteiger partial charge on any atom is -0.454 e. The Morgan fingerprint density at radius 2 is 1.85 bits per heavy atom. The highest BCUT2D eigenvalue weighted by Gasteiger charge is 2.57. The Morgan fingerprint density at radius 3 is 2.39 bits per heavy atom. The molecule has 0 unspecified atom stereocenters. The lowest BCUT2D eigenvalue weighted by atomic mass is 9.92. The van der Waals surface area contributed by atoms with Crippen molar-refractivity contribution in [3.05, 3.63) is 44.3 Å². The molecule has 0 aromatic rings. The molecule has 2 fully saturated rings. The highest BCUT2D eigenvalue weighted by Crippen LogP contribution is 2.43. The van der Waals surface area contributed by atoms with Gasteiger partial charge in [-0.05, 0) is 63.1 Å². The highest BCUT2D eigenvalue weighted by molar-refractivity contribution is 8.14. The second-order valence-corrected chi connectivity index (χ2v) is 15.6. The molecule has 2 rings (SSSR count). The van der Waals surface area contributed by atoms with E-state index in [9.17, 15) is 19.2 Å². The molecule has 181 valence electrons.